The second-order valence-corrected chi connectivity index (χ2v) is 7.02. The van der Waals surface area contributed by atoms with Crippen LogP contribution in [-0.2, 0) is 6.42 Å². The van der Waals surface area contributed by atoms with Gasteiger partial charge >= 0.3 is 0 Å². The van der Waals surface area contributed by atoms with Crippen LogP contribution in [0.3, 0.4) is 0 Å². The van der Waals surface area contributed by atoms with Crippen molar-refractivity contribution in [1.29, 1.82) is 0 Å². The highest BCUT2D eigenvalue weighted by Gasteiger charge is 2.12. The van der Waals surface area contributed by atoms with Gasteiger partial charge in [-0.05, 0) is 62.6 Å². The molecule has 2 aromatic carbocycles. The summed E-state index contributed by atoms with van der Waals surface area (Å²) < 4.78 is 5.17. The number of rotatable bonds is 7. The first-order chi connectivity index (χ1) is 13.9. The number of methoxy groups -OCH3 is 1. The highest BCUT2D eigenvalue weighted by Crippen LogP contribution is 2.17. The molecule has 1 heterocycles. The van der Waals surface area contributed by atoms with Crippen LogP contribution in [0.15, 0.2) is 48.5 Å². The number of nitrogens with one attached hydrogen (secondary N) is 2. The van der Waals surface area contributed by atoms with Crippen molar-refractivity contribution in [3.05, 3.63) is 76.6 Å². The predicted molar refractivity (Wildman–Crippen MR) is 116 cm³/mol. The van der Waals surface area contributed by atoms with Gasteiger partial charge in [0.25, 0.3) is 5.91 Å². The molecule has 0 unspecified atom stereocenters. The van der Waals surface area contributed by atoms with E-state index in [1.165, 1.54) is 5.56 Å². The first-order valence-corrected chi connectivity index (χ1v) is 9.55. The fourth-order valence-corrected chi connectivity index (χ4v) is 3.01. The standard InChI is InChI=1S/C23H26N4O2/c1-15-5-10-20(16(2)13-15)26-22(28)21-14-17(3)25-23(27-21)24-12-11-18-6-8-19(29-4)9-7-18/h5-10,13-14H,11-12H2,1-4H3,(H,26,28)(H,24,25,27). The van der Waals surface area contributed by atoms with Gasteiger partial charge in [0.05, 0.1) is 7.11 Å². The van der Waals surface area contributed by atoms with Crippen molar-refractivity contribution in [3.63, 3.8) is 0 Å². The predicted octanol–water partition coefficient (Wildman–Crippen LogP) is 4.32. The van der Waals surface area contributed by atoms with Crippen molar-refractivity contribution in [3.8, 4) is 5.75 Å². The number of aryl methyl sites for hydroxylation is 3. The largest absolute Gasteiger partial charge is 0.497 e. The summed E-state index contributed by atoms with van der Waals surface area (Å²) in [7, 11) is 1.65. The topological polar surface area (TPSA) is 76.1 Å². The van der Waals surface area contributed by atoms with E-state index in [2.05, 4.69) is 20.6 Å². The van der Waals surface area contributed by atoms with Crippen LogP contribution in [0.4, 0.5) is 11.6 Å². The first kappa shape index (κ1) is 20.3. The van der Waals surface area contributed by atoms with Crippen molar-refractivity contribution < 1.29 is 9.53 Å². The molecule has 0 aliphatic rings. The molecule has 0 radical (unpaired) electrons. The van der Waals surface area contributed by atoms with E-state index < -0.39 is 0 Å². The number of ether oxygens (including phenoxy) is 1. The summed E-state index contributed by atoms with van der Waals surface area (Å²) in [6.07, 6.45) is 0.811. The molecule has 2 N–H and O–H groups in total. The zero-order valence-electron chi connectivity index (χ0n) is 17.2. The number of aromatic nitrogens is 2. The van der Waals surface area contributed by atoms with Gasteiger partial charge < -0.3 is 15.4 Å². The number of nitrogens with zero attached hydrogens (tertiary/aromatic N) is 2. The number of hydrogen-bond acceptors (Lipinski definition) is 5. The molecule has 0 spiro atoms. The number of carbonyl (C=O) groups is 1. The van der Waals surface area contributed by atoms with Crippen LogP contribution in [0, 0.1) is 20.8 Å². The fourth-order valence-electron chi connectivity index (χ4n) is 3.01. The van der Waals surface area contributed by atoms with E-state index >= 15 is 0 Å². The molecule has 6 nitrogen and oxygen atoms in total. The van der Waals surface area contributed by atoms with Crippen LogP contribution in [0.2, 0.25) is 0 Å². The first-order valence-electron chi connectivity index (χ1n) is 9.55. The molecule has 6 heteroatoms. The van der Waals surface area contributed by atoms with Crippen LogP contribution in [0.1, 0.15) is 32.9 Å². The lowest BCUT2D eigenvalue weighted by Gasteiger charge is -2.11. The molecular formula is C23H26N4O2. The third-order valence-corrected chi connectivity index (χ3v) is 4.57. The Bertz CT molecular complexity index is 1000. The van der Waals surface area contributed by atoms with E-state index in [-0.39, 0.29) is 5.91 Å². The zero-order chi connectivity index (χ0) is 20.8. The molecule has 1 aromatic heterocycles. The highest BCUT2D eigenvalue weighted by molar-refractivity contribution is 6.03. The molecule has 29 heavy (non-hydrogen) atoms. The number of benzene rings is 2. The quantitative estimate of drug-likeness (QED) is 0.628. The van der Waals surface area contributed by atoms with E-state index in [1.54, 1.807) is 13.2 Å². The minimum Gasteiger partial charge on any atom is -0.497 e. The van der Waals surface area contributed by atoms with Crippen LogP contribution in [0.25, 0.3) is 0 Å². The highest BCUT2D eigenvalue weighted by atomic mass is 16.5. The Morgan fingerprint density at radius 2 is 1.76 bits per heavy atom. The number of amides is 1. The lowest BCUT2D eigenvalue weighted by Crippen LogP contribution is -2.17. The third kappa shape index (κ3) is 5.54. The van der Waals surface area contributed by atoms with Crippen molar-refractivity contribution >= 4 is 17.5 Å². The van der Waals surface area contributed by atoms with Gasteiger partial charge in [0.15, 0.2) is 0 Å². The maximum absolute atomic E-state index is 12.7. The summed E-state index contributed by atoms with van der Waals surface area (Å²) in [5, 5.41) is 6.14. The molecule has 3 rings (SSSR count). The Hall–Kier alpha value is -3.41. The van der Waals surface area contributed by atoms with Gasteiger partial charge in [0.2, 0.25) is 5.95 Å². The summed E-state index contributed by atoms with van der Waals surface area (Å²) in [5.41, 5.74) is 5.20. The maximum atomic E-state index is 12.7. The van der Waals surface area contributed by atoms with Gasteiger partial charge in [0.1, 0.15) is 11.4 Å². The second-order valence-electron chi connectivity index (χ2n) is 7.02. The van der Waals surface area contributed by atoms with E-state index in [0.29, 0.717) is 18.2 Å². The van der Waals surface area contributed by atoms with Crippen LogP contribution >= 0.6 is 0 Å². The Morgan fingerprint density at radius 1 is 1.00 bits per heavy atom. The van der Waals surface area contributed by atoms with Crippen LogP contribution in [-0.4, -0.2) is 29.5 Å². The molecule has 0 saturated heterocycles. The fraction of sp³-hybridized carbons (Fsp3) is 0.261. The smallest absolute Gasteiger partial charge is 0.274 e. The summed E-state index contributed by atoms with van der Waals surface area (Å²) in [5.74, 6) is 1.04. The molecule has 1 amide bonds. The van der Waals surface area contributed by atoms with Crippen molar-refractivity contribution in [2.75, 3.05) is 24.3 Å². The van der Waals surface area contributed by atoms with Crippen molar-refractivity contribution in [2.45, 2.75) is 27.2 Å². The molecule has 0 aliphatic heterocycles. The van der Waals surface area contributed by atoms with E-state index in [0.717, 1.165) is 34.7 Å². The molecule has 0 bridgehead atoms. The van der Waals surface area contributed by atoms with Crippen LogP contribution < -0.4 is 15.4 Å². The Kier molecular flexibility index (Phi) is 6.44. The number of anilines is 2. The molecule has 0 saturated carbocycles. The SMILES string of the molecule is COc1ccc(CCNc2nc(C)cc(C(=O)Nc3ccc(C)cc3C)n2)cc1. The zero-order valence-corrected chi connectivity index (χ0v) is 17.2. The van der Waals surface area contributed by atoms with Crippen molar-refractivity contribution in [1.82, 2.24) is 9.97 Å². The molecule has 0 atom stereocenters. The lowest BCUT2D eigenvalue weighted by atomic mass is 10.1. The number of carbonyl (C=O) groups excluding carboxylic acids is 1. The van der Waals surface area contributed by atoms with E-state index in [9.17, 15) is 4.79 Å². The minimum absolute atomic E-state index is 0.249. The minimum atomic E-state index is -0.249. The Morgan fingerprint density at radius 3 is 2.45 bits per heavy atom. The summed E-state index contributed by atoms with van der Waals surface area (Å²) >= 11 is 0. The van der Waals surface area contributed by atoms with Gasteiger partial charge in [0, 0.05) is 17.9 Å². The van der Waals surface area contributed by atoms with Gasteiger partial charge in [-0.15, -0.1) is 0 Å². The summed E-state index contributed by atoms with van der Waals surface area (Å²) in [6.45, 7) is 6.51. The Balaban J connectivity index is 1.64. The average Bonchev–Trinajstić information content (AvgIpc) is 2.70. The van der Waals surface area contributed by atoms with E-state index in [1.807, 2.05) is 63.2 Å². The molecule has 150 valence electrons. The molecule has 0 aliphatic carbocycles. The van der Waals surface area contributed by atoms with Gasteiger partial charge in [-0.25, -0.2) is 9.97 Å². The molecule has 3 aromatic rings. The second kappa shape index (κ2) is 9.19. The van der Waals surface area contributed by atoms with Gasteiger partial charge in [-0.3, -0.25) is 4.79 Å². The van der Waals surface area contributed by atoms with Gasteiger partial charge in [-0.2, -0.15) is 0 Å². The van der Waals surface area contributed by atoms with Crippen LogP contribution in [0.5, 0.6) is 5.75 Å². The Labute approximate surface area is 171 Å². The van der Waals surface area contributed by atoms with Crippen molar-refractivity contribution in [2.24, 2.45) is 0 Å². The molecule has 0 fully saturated rings. The number of hydrogen-bond donors (Lipinski definition) is 2. The lowest BCUT2D eigenvalue weighted by molar-refractivity contribution is 0.102. The van der Waals surface area contributed by atoms with E-state index in [4.69, 9.17) is 4.74 Å². The monoisotopic (exact) mass is 390 g/mol. The maximum Gasteiger partial charge on any atom is 0.274 e. The summed E-state index contributed by atoms with van der Waals surface area (Å²) in [6, 6.07) is 15.5. The third-order valence-electron chi connectivity index (χ3n) is 4.57. The van der Waals surface area contributed by atoms with Gasteiger partial charge in [-0.1, -0.05) is 29.8 Å². The summed E-state index contributed by atoms with van der Waals surface area (Å²) in [4.78, 5) is 21.4. The average molecular weight is 390 g/mol. The molecular weight excluding hydrogens is 364 g/mol. The normalized spacial score (nSPS) is 10.5.